The fourth-order valence-electron chi connectivity index (χ4n) is 4.34. The van der Waals surface area contributed by atoms with Gasteiger partial charge in [-0.2, -0.15) is 16.8 Å². The maximum Gasteiger partial charge on any atom is 0.264 e. The van der Waals surface area contributed by atoms with E-state index in [4.69, 9.17) is 18.1 Å². The molecule has 5 rings (SSSR count). The fraction of sp³-hybridized carbons (Fsp3) is 0.348. The highest BCUT2D eigenvalue weighted by atomic mass is 32.2. The molecule has 0 aliphatic carbocycles. The molecule has 0 spiro atoms. The molecule has 2 aromatic carbocycles. The highest BCUT2D eigenvalue weighted by Gasteiger charge is 2.49. The zero-order valence-electron chi connectivity index (χ0n) is 19.8. The number of hydrogen-bond donors (Lipinski definition) is 1. The third-order valence-electron chi connectivity index (χ3n) is 5.86. The molecule has 1 aliphatic heterocycles. The minimum absolute atomic E-state index is 0.164. The molecular weight excluding hydrogens is 524 g/mol. The quantitative estimate of drug-likeness (QED) is 0.313. The third-order valence-corrected chi connectivity index (χ3v) is 7.00. The number of aliphatic hydroxyl groups is 1. The van der Waals surface area contributed by atoms with E-state index >= 15 is 0 Å². The molecule has 14 heteroatoms. The van der Waals surface area contributed by atoms with Gasteiger partial charge >= 0.3 is 0 Å². The van der Waals surface area contributed by atoms with Crippen molar-refractivity contribution in [1.29, 1.82) is 0 Å². The molecule has 1 fully saturated rings. The Hall–Kier alpha value is -3.01. The second-order valence-electron chi connectivity index (χ2n) is 8.77. The van der Waals surface area contributed by atoms with Crippen LogP contribution in [-0.4, -0.2) is 79.0 Å². The van der Waals surface area contributed by atoms with Crippen molar-refractivity contribution in [3.63, 3.8) is 0 Å². The van der Waals surface area contributed by atoms with E-state index in [9.17, 15) is 21.9 Å². The number of benzene rings is 2. The molecule has 4 aromatic rings. The van der Waals surface area contributed by atoms with Crippen LogP contribution in [-0.2, 0) is 39.8 Å². The Labute approximate surface area is 213 Å². The summed E-state index contributed by atoms with van der Waals surface area (Å²) in [5, 5.41) is 19.5. The van der Waals surface area contributed by atoms with Crippen molar-refractivity contribution >= 4 is 36.9 Å². The van der Waals surface area contributed by atoms with Gasteiger partial charge in [0.1, 0.15) is 24.4 Å². The summed E-state index contributed by atoms with van der Waals surface area (Å²) >= 11 is 0. The van der Waals surface area contributed by atoms with Crippen molar-refractivity contribution in [3.8, 4) is 0 Å². The SMILES string of the molecule is CS(=O)(=O)OC[C@H]1O[C@H](c2nnc3c(Cc4ccccc4)nc4ccccc4n23)[C@@H](OS(C)(=O)=O)[C@@H]1O. The topological polar surface area (TPSA) is 159 Å². The van der Waals surface area contributed by atoms with E-state index in [0.29, 0.717) is 28.8 Å². The Morgan fingerprint density at radius 3 is 2.38 bits per heavy atom. The van der Waals surface area contributed by atoms with E-state index in [-0.39, 0.29) is 5.82 Å². The molecule has 37 heavy (non-hydrogen) atoms. The van der Waals surface area contributed by atoms with Crippen LogP contribution >= 0.6 is 0 Å². The molecule has 0 radical (unpaired) electrons. The normalized spacial score (nSPS) is 22.7. The van der Waals surface area contributed by atoms with E-state index < -0.39 is 51.3 Å². The number of hydrogen-bond acceptors (Lipinski definition) is 11. The molecule has 196 valence electrons. The van der Waals surface area contributed by atoms with Crippen LogP contribution in [0, 0.1) is 0 Å². The van der Waals surface area contributed by atoms with Gasteiger partial charge in [-0.25, -0.2) is 4.98 Å². The first-order valence-electron chi connectivity index (χ1n) is 11.2. The highest BCUT2D eigenvalue weighted by molar-refractivity contribution is 7.86. The Morgan fingerprint density at radius 1 is 0.973 bits per heavy atom. The predicted octanol–water partition coefficient (Wildman–Crippen LogP) is 0.990. The average molecular weight is 549 g/mol. The standard InChI is InChI=1S/C23H24N4O8S2/c1-36(29,30)33-13-18-19(28)20(35-37(2,31)32)21(34-18)23-26-25-22-16(12-14-8-4-3-5-9-14)24-15-10-6-7-11-17(15)27(22)23/h3-11,18-21,28H,12-13H2,1-2H3/t18-,19-,20+,21+/m1/s1. The fourth-order valence-corrected chi connectivity index (χ4v) is 5.34. The van der Waals surface area contributed by atoms with E-state index in [2.05, 4.69) is 10.2 Å². The zero-order valence-corrected chi connectivity index (χ0v) is 21.5. The van der Waals surface area contributed by atoms with Gasteiger partial charge in [-0.15, -0.1) is 10.2 Å². The van der Waals surface area contributed by atoms with Gasteiger partial charge < -0.3 is 9.84 Å². The number of ether oxygens (including phenoxy) is 1. The summed E-state index contributed by atoms with van der Waals surface area (Å²) in [5.41, 5.74) is 3.31. The minimum atomic E-state index is -4.04. The molecular formula is C23H24N4O8S2. The van der Waals surface area contributed by atoms with Gasteiger partial charge in [0.05, 0.1) is 35.8 Å². The maximum absolute atomic E-state index is 12.0. The second kappa shape index (κ2) is 9.70. The van der Waals surface area contributed by atoms with Crippen LogP contribution in [0.4, 0.5) is 0 Å². The van der Waals surface area contributed by atoms with E-state index in [0.717, 1.165) is 18.1 Å². The van der Waals surface area contributed by atoms with Crippen molar-refractivity contribution in [2.45, 2.75) is 30.8 Å². The van der Waals surface area contributed by atoms with Crippen molar-refractivity contribution < 1.29 is 35.0 Å². The summed E-state index contributed by atoms with van der Waals surface area (Å²) in [6, 6.07) is 16.9. The van der Waals surface area contributed by atoms with Gasteiger partial charge in [0.25, 0.3) is 20.2 Å². The summed E-state index contributed by atoms with van der Waals surface area (Å²) < 4.78 is 64.7. The molecule has 0 amide bonds. The number of aliphatic hydroxyl groups excluding tert-OH is 1. The predicted molar refractivity (Wildman–Crippen MR) is 132 cm³/mol. The highest BCUT2D eigenvalue weighted by Crippen LogP contribution is 2.37. The molecule has 0 unspecified atom stereocenters. The largest absolute Gasteiger partial charge is 0.387 e. The monoisotopic (exact) mass is 548 g/mol. The summed E-state index contributed by atoms with van der Waals surface area (Å²) in [6.07, 6.45) is -3.24. The lowest BCUT2D eigenvalue weighted by Gasteiger charge is -2.19. The van der Waals surface area contributed by atoms with Gasteiger partial charge in [0.2, 0.25) is 0 Å². The lowest BCUT2D eigenvalue weighted by atomic mass is 10.1. The number of para-hydroxylation sites is 2. The molecule has 4 atom stereocenters. The van der Waals surface area contributed by atoms with Crippen LogP contribution in [0.2, 0.25) is 0 Å². The maximum atomic E-state index is 12.0. The molecule has 2 aromatic heterocycles. The third kappa shape index (κ3) is 5.49. The van der Waals surface area contributed by atoms with Crippen molar-refractivity contribution in [3.05, 3.63) is 71.7 Å². The molecule has 1 saturated heterocycles. The number of aromatic nitrogens is 4. The number of fused-ring (bicyclic) bond motifs is 3. The van der Waals surface area contributed by atoms with E-state index in [1.807, 2.05) is 48.5 Å². The van der Waals surface area contributed by atoms with Crippen molar-refractivity contribution in [2.75, 3.05) is 19.1 Å². The average Bonchev–Trinajstić information content (AvgIpc) is 3.39. The van der Waals surface area contributed by atoms with Crippen LogP contribution in [0.15, 0.2) is 54.6 Å². The first-order chi connectivity index (χ1) is 17.5. The molecule has 3 heterocycles. The van der Waals surface area contributed by atoms with Crippen LogP contribution in [0.1, 0.15) is 23.2 Å². The second-order valence-corrected chi connectivity index (χ2v) is 12.0. The number of nitrogens with zero attached hydrogens (tertiary/aromatic N) is 4. The Kier molecular flexibility index (Phi) is 6.72. The molecule has 12 nitrogen and oxygen atoms in total. The molecule has 0 saturated carbocycles. The minimum Gasteiger partial charge on any atom is -0.387 e. The Bertz CT molecular complexity index is 1660. The van der Waals surface area contributed by atoms with Gasteiger partial charge in [0, 0.05) is 6.42 Å². The van der Waals surface area contributed by atoms with E-state index in [1.165, 1.54) is 0 Å². The van der Waals surface area contributed by atoms with E-state index in [1.54, 1.807) is 10.5 Å². The van der Waals surface area contributed by atoms with Gasteiger partial charge in [-0.1, -0.05) is 42.5 Å². The first-order valence-corrected chi connectivity index (χ1v) is 14.9. The summed E-state index contributed by atoms with van der Waals surface area (Å²) in [4.78, 5) is 4.78. The molecule has 0 bridgehead atoms. The lowest BCUT2D eigenvalue weighted by molar-refractivity contribution is -0.0181. The van der Waals surface area contributed by atoms with Gasteiger partial charge in [0.15, 0.2) is 11.5 Å². The van der Waals surface area contributed by atoms with Crippen LogP contribution in [0.3, 0.4) is 0 Å². The summed E-state index contributed by atoms with van der Waals surface area (Å²) in [5.74, 6) is 0.164. The van der Waals surface area contributed by atoms with Crippen molar-refractivity contribution in [2.24, 2.45) is 0 Å². The summed E-state index contributed by atoms with van der Waals surface area (Å²) in [6.45, 7) is -0.543. The molecule has 1 aliphatic rings. The zero-order chi connectivity index (χ0) is 26.4. The Balaban J connectivity index is 1.63. The lowest BCUT2D eigenvalue weighted by Crippen LogP contribution is -2.37. The van der Waals surface area contributed by atoms with Gasteiger partial charge in [-0.3, -0.25) is 12.8 Å². The van der Waals surface area contributed by atoms with Crippen molar-refractivity contribution in [1.82, 2.24) is 19.6 Å². The molecule has 1 N–H and O–H groups in total. The number of rotatable bonds is 8. The smallest absolute Gasteiger partial charge is 0.264 e. The first kappa shape index (κ1) is 25.6. The Morgan fingerprint density at radius 2 is 1.68 bits per heavy atom. The van der Waals surface area contributed by atoms with Crippen LogP contribution in [0.25, 0.3) is 16.7 Å². The summed E-state index contributed by atoms with van der Waals surface area (Å²) in [7, 11) is -7.89. The van der Waals surface area contributed by atoms with Gasteiger partial charge in [-0.05, 0) is 17.7 Å². The van der Waals surface area contributed by atoms with Crippen LogP contribution < -0.4 is 0 Å². The van der Waals surface area contributed by atoms with Crippen LogP contribution in [0.5, 0.6) is 0 Å².